The molecule has 0 spiro atoms. The molecule has 0 aromatic heterocycles. The second-order valence-electron chi connectivity index (χ2n) is 7.35. The molecule has 1 saturated heterocycles. The van der Waals surface area contributed by atoms with E-state index in [1.54, 1.807) is 0 Å². The lowest BCUT2D eigenvalue weighted by Crippen LogP contribution is -2.62. The SMILES string of the molecule is CC1CCC(C)N(CC(CO)(NC(C)C)C2CC2)C1. The molecular weight excluding hydrogens is 236 g/mol. The molecule has 0 aromatic rings. The highest BCUT2D eigenvalue weighted by Gasteiger charge is 2.46. The Morgan fingerprint density at radius 1 is 1.21 bits per heavy atom. The van der Waals surface area contributed by atoms with Crippen LogP contribution in [0.4, 0.5) is 0 Å². The molecule has 3 unspecified atom stereocenters. The molecule has 1 saturated carbocycles. The molecule has 0 aromatic carbocycles. The summed E-state index contributed by atoms with van der Waals surface area (Å²) in [4.78, 5) is 2.61. The van der Waals surface area contributed by atoms with Crippen LogP contribution in [0.25, 0.3) is 0 Å². The van der Waals surface area contributed by atoms with Gasteiger partial charge in [-0.3, -0.25) is 4.90 Å². The van der Waals surface area contributed by atoms with E-state index in [9.17, 15) is 5.11 Å². The Morgan fingerprint density at radius 3 is 2.42 bits per heavy atom. The first-order chi connectivity index (χ1) is 8.97. The second kappa shape index (κ2) is 6.11. The molecule has 2 rings (SSSR count). The van der Waals surface area contributed by atoms with Crippen molar-refractivity contribution in [2.75, 3.05) is 19.7 Å². The molecule has 3 heteroatoms. The van der Waals surface area contributed by atoms with Crippen LogP contribution in [0.3, 0.4) is 0 Å². The van der Waals surface area contributed by atoms with Crippen LogP contribution in [0.1, 0.15) is 53.4 Å². The van der Waals surface area contributed by atoms with Gasteiger partial charge in [-0.15, -0.1) is 0 Å². The first-order valence-electron chi connectivity index (χ1n) is 8.09. The molecule has 1 heterocycles. The summed E-state index contributed by atoms with van der Waals surface area (Å²) in [5.41, 5.74) is -0.0700. The van der Waals surface area contributed by atoms with Crippen molar-refractivity contribution in [1.29, 1.82) is 0 Å². The molecule has 0 amide bonds. The molecule has 2 fully saturated rings. The summed E-state index contributed by atoms with van der Waals surface area (Å²) in [5, 5.41) is 13.7. The largest absolute Gasteiger partial charge is 0.394 e. The lowest BCUT2D eigenvalue weighted by atomic mass is 9.88. The molecule has 0 bridgehead atoms. The van der Waals surface area contributed by atoms with Crippen LogP contribution in [0.15, 0.2) is 0 Å². The summed E-state index contributed by atoms with van der Waals surface area (Å²) < 4.78 is 0. The Hall–Kier alpha value is -0.120. The van der Waals surface area contributed by atoms with Crippen molar-refractivity contribution < 1.29 is 5.11 Å². The molecule has 19 heavy (non-hydrogen) atoms. The number of likely N-dealkylation sites (tertiary alicyclic amines) is 1. The zero-order valence-corrected chi connectivity index (χ0v) is 13.2. The third-order valence-electron chi connectivity index (χ3n) is 4.95. The van der Waals surface area contributed by atoms with Crippen LogP contribution in [-0.4, -0.2) is 47.3 Å². The van der Waals surface area contributed by atoms with Gasteiger partial charge in [-0.05, 0) is 44.4 Å². The maximum absolute atomic E-state index is 10.0. The third kappa shape index (κ3) is 3.71. The van der Waals surface area contributed by atoms with Crippen molar-refractivity contribution in [3.05, 3.63) is 0 Å². The van der Waals surface area contributed by atoms with E-state index in [1.165, 1.54) is 32.2 Å². The number of rotatable bonds is 6. The molecule has 2 N–H and O–H groups in total. The van der Waals surface area contributed by atoms with Gasteiger partial charge in [0.15, 0.2) is 0 Å². The molecule has 3 atom stereocenters. The molecule has 0 radical (unpaired) electrons. The summed E-state index contributed by atoms with van der Waals surface area (Å²) in [6.45, 7) is 11.5. The number of hydrogen-bond acceptors (Lipinski definition) is 3. The highest BCUT2D eigenvalue weighted by molar-refractivity contribution is 5.04. The van der Waals surface area contributed by atoms with Gasteiger partial charge in [-0.1, -0.05) is 20.8 Å². The van der Waals surface area contributed by atoms with Gasteiger partial charge in [-0.2, -0.15) is 0 Å². The van der Waals surface area contributed by atoms with Crippen molar-refractivity contribution in [3.63, 3.8) is 0 Å². The maximum atomic E-state index is 10.0. The van der Waals surface area contributed by atoms with E-state index < -0.39 is 0 Å². The first-order valence-corrected chi connectivity index (χ1v) is 8.09. The fourth-order valence-electron chi connectivity index (χ4n) is 3.69. The predicted octanol–water partition coefficient (Wildman–Crippen LogP) is 2.25. The van der Waals surface area contributed by atoms with Gasteiger partial charge in [-0.25, -0.2) is 0 Å². The number of nitrogens with zero attached hydrogens (tertiary/aromatic N) is 1. The van der Waals surface area contributed by atoms with E-state index in [1.807, 2.05) is 0 Å². The van der Waals surface area contributed by atoms with Gasteiger partial charge in [0.25, 0.3) is 0 Å². The second-order valence-corrected chi connectivity index (χ2v) is 7.35. The van der Waals surface area contributed by atoms with E-state index in [2.05, 4.69) is 37.9 Å². The summed E-state index contributed by atoms with van der Waals surface area (Å²) in [6.07, 6.45) is 5.20. The quantitative estimate of drug-likeness (QED) is 0.775. The van der Waals surface area contributed by atoms with E-state index >= 15 is 0 Å². The van der Waals surface area contributed by atoms with Crippen LogP contribution < -0.4 is 5.32 Å². The van der Waals surface area contributed by atoms with Gasteiger partial charge >= 0.3 is 0 Å². The van der Waals surface area contributed by atoms with Crippen molar-refractivity contribution in [3.8, 4) is 0 Å². The lowest BCUT2D eigenvalue weighted by Gasteiger charge is -2.45. The van der Waals surface area contributed by atoms with Crippen molar-refractivity contribution in [2.45, 2.75) is 71.0 Å². The summed E-state index contributed by atoms with van der Waals surface area (Å²) in [6, 6.07) is 1.10. The number of nitrogens with one attached hydrogen (secondary N) is 1. The van der Waals surface area contributed by atoms with Gasteiger partial charge < -0.3 is 10.4 Å². The zero-order valence-electron chi connectivity index (χ0n) is 13.2. The normalized spacial score (nSPS) is 32.5. The van der Waals surface area contributed by atoms with Crippen molar-refractivity contribution in [2.24, 2.45) is 11.8 Å². The molecular formula is C16H32N2O. The van der Waals surface area contributed by atoms with Crippen molar-refractivity contribution >= 4 is 0 Å². The van der Waals surface area contributed by atoms with Gasteiger partial charge in [0, 0.05) is 25.2 Å². The van der Waals surface area contributed by atoms with Crippen molar-refractivity contribution in [1.82, 2.24) is 10.2 Å². The monoisotopic (exact) mass is 268 g/mol. The highest BCUT2D eigenvalue weighted by Crippen LogP contribution is 2.41. The van der Waals surface area contributed by atoms with Crippen LogP contribution in [0.2, 0.25) is 0 Å². The Labute approximate surface area is 118 Å². The maximum Gasteiger partial charge on any atom is 0.0628 e. The van der Waals surface area contributed by atoms with E-state index in [0.29, 0.717) is 18.0 Å². The van der Waals surface area contributed by atoms with Crippen LogP contribution in [0, 0.1) is 11.8 Å². The molecule has 1 aliphatic heterocycles. The van der Waals surface area contributed by atoms with E-state index in [-0.39, 0.29) is 12.1 Å². The van der Waals surface area contributed by atoms with Gasteiger partial charge in [0.2, 0.25) is 0 Å². The average Bonchev–Trinajstić information content (AvgIpc) is 3.16. The lowest BCUT2D eigenvalue weighted by molar-refractivity contribution is 0.0409. The van der Waals surface area contributed by atoms with E-state index in [4.69, 9.17) is 0 Å². The molecule has 112 valence electrons. The van der Waals surface area contributed by atoms with Gasteiger partial charge in [0.1, 0.15) is 0 Å². The number of piperidine rings is 1. The minimum absolute atomic E-state index is 0.0700. The molecule has 1 aliphatic carbocycles. The number of hydrogen-bond donors (Lipinski definition) is 2. The number of aliphatic hydroxyl groups excluding tert-OH is 1. The first kappa shape index (κ1) is 15.3. The third-order valence-corrected chi connectivity index (χ3v) is 4.95. The zero-order chi connectivity index (χ0) is 14.0. The minimum atomic E-state index is -0.0700. The molecule has 3 nitrogen and oxygen atoms in total. The Balaban J connectivity index is 2.05. The standard InChI is InChI=1S/C16H32N2O/c1-12(2)17-16(11-19,15-7-8-15)10-18-9-13(3)5-6-14(18)4/h12-15,17,19H,5-11H2,1-4H3. The van der Waals surface area contributed by atoms with Crippen LogP contribution in [-0.2, 0) is 0 Å². The fraction of sp³-hybridized carbons (Fsp3) is 1.00. The fourth-order valence-corrected chi connectivity index (χ4v) is 3.69. The topological polar surface area (TPSA) is 35.5 Å². The highest BCUT2D eigenvalue weighted by atomic mass is 16.3. The Bertz CT molecular complexity index is 290. The average molecular weight is 268 g/mol. The summed E-state index contributed by atoms with van der Waals surface area (Å²) >= 11 is 0. The smallest absolute Gasteiger partial charge is 0.0628 e. The van der Waals surface area contributed by atoms with E-state index in [0.717, 1.165) is 12.5 Å². The van der Waals surface area contributed by atoms with Crippen LogP contribution in [0.5, 0.6) is 0 Å². The summed E-state index contributed by atoms with van der Waals surface area (Å²) in [7, 11) is 0. The number of aliphatic hydroxyl groups is 1. The Morgan fingerprint density at radius 2 is 1.89 bits per heavy atom. The van der Waals surface area contributed by atoms with Crippen LogP contribution >= 0.6 is 0 Å². The van der Waals surface area contributed by atoms with Gasteiger partial charge in [0.05, 0.1) is 12.1 Å². The molecule has 2 aliphatic rings. The Kier molecular flexibility index (Phi) is 4.91. The minimum Gasteiger partial charge on any atom is -0.394 e. The predicted molar refractivity (Wildman–Crippen MR) is 80.2 cm³/mol. The summed E-state index contributed by atoms with van der Waals surface area (Å²) in [5.74, 6) is 1.47.